The number of halogens is 1. The van der Waals surface area contributed by atoms with Gasteiger partial charge in [0.05, 0.1) is 25.7 Å². The van der Waals surface area contributed by atoms with Gasteiger partial charge < -0.3 is 20.3 Å². The van der Waals surface area contributed by atoms with E-state index in [1.54, 1.807) is 0 Å². The fourth-order valence-electron chi connectivity index (χ4n) is 3.18. The molecule has 0 aliphatic carbocycles. The molecule has 1 aromatic rings. The number of nitrogens with one attached hydrogen (secondary N) is 2. The normalized spacial score (nSPS) is 24.5. The molecule has 2 aliphatic rings. The van der Waals surface area contributed by atoms with Crippen LogP contribution in [0.1, 0.15) is 24.4 Å². The molecular formula is C17H24ClN3O3. The Labute approximate surface area is 148 Å². The van der Waals surface area contributed by atoms with Gasteiger partial charge in [-0.05, 0) is 5.56 Å². The zero-order valence-electron chi connectivity index (χ0n) is 13.6. The predicted octanol–water partition coefficient (Wildman–Crippen LogP) is 0.876. The molecule has 132 valence electrons. The van der Waals surface area contributed by atoms with Crippen LogP contribution in [0.2, 0.25) is 0 Å². The van der Waals surface area contributed by atoms with E-state index in [1.807, 2.05) is 35.2 Å². The van der Waals surface area contributed by atoms with Crippen molar-refractivity contribution in [2.24, 2.45) is 0 Å². The second kappa shape index (κ2) is 9.01. The van der Waals surface area contributed by atoms with Crippen LogP contribution in [0.3, 0.4) is 0 Å². The SMILES string of the molecule is Cl.O=C1CC(c2ccccc2)N(C(=O)CC2COCCN2)CCN1. The Morgan fingerprint density at radius 3 is 2.75 bits per heavy atom. The summed E-state index contributed by atoms with van der Waals surface area (Å²) in [6.07, 6.45) is 0.710. The minimum atomic E-state index is -0.198. The number of carbonyl (C=O) groups is 2. The van der Waals surface area contributed by atoms with Gasteiger partial charge in [0, 0.05) is 32.1 Å². The zero-order chi connectivity index (χ0) is 16.1. The highest BCUT2D eigenvalue weighted by Gasteiger charge is 2.31. The van der Waals surface area contributed by atoms with Crippen LogP contribution in [0, 0.1) is 0 Å². The van der Waals surface area contributed by atoms with Crippen LogP contribution in [-0.2, 0) is 14.3 Å². The number of morpholine rings is 1. The maximum absolute atomic E-state index is 12.8. The number of ether oxygens (including phenoxy) is 1. The van der Waals surface area contributed by atoms with Crippen molar-refractivity contribution in [3.63, 3.8) is 0 Å². The highest BCUT2D eigenvalue weighted by molar-refractivity contribution is 5.85. The molecule has 2 aliphatic heterocycles. The summed E-state index contributed by atoms with van der Waals surface area (Å²) in [5.74, 6) is 0.0617. The minimum Gasteiger partial charge on any atom is -0.378 e. The second-order valence-corrected chi connectivity index (χ2v) is 6.00. The van der Waals surface area contributed by atoms with Gasteiger partial charge in [-0.25, -0.2) is 0 Å². The standard InChI is InChI=1S/C17H23N3O3.ClH/c21-16-11-15(13-4-2-1-3-5-13)20(8-6-19-16)17(22)10-14-12-23-9-7-18-14;/h1-5,14-15,18H,6-12H2,(H,19,21);1H. The third kappa shape index (κ3) is 4.69. The molecule has 0 aromatic heterocycles. The summed E-state index contributed by atoms with van der Waals surface area (Å²) in [4.78, 5) is 26.6. The fraction of sp³-hybridized carbons (Fsp3) is 0.529. The van der Waals surface area contributed by atoms with Crippen LogP contribution in [0.5, 0.6) is 0 Å². The number of amides is 2. The maximum Gasteiger partial charge on any atom is 0.224 e. The van der Waals surface area contributed by atoms with Gasteiger partial charge in [0.25, 0.3) is 0 Å². The Hall–Kier alpha value is -1.63. The van der Waals surface area contributed by atoms with Crippen molar-refractivity contribution in [1.29, 1.82) is 0 Å². The molecule has 2 N–H and O–H groups in total. The lowest BCUT2D eigenvalue weighted by Gasteiger charge is -2.32. The molecule has 2 atom stereocenters. The van der Waals surface area contributed by atoms with E-state index in [1.165, 1.54) is 0 Å². The zero-order valence-corrected chi connectivity index (χ0v) is 14.4. The first kappa shape index (κ1) is 18.7. The van der Waals surface area contributed by atoms with Crippen LogP contribution < -0.4 is 10.6 Å². The average Bonchev–Trinajstić information content (AvgIpc) is 2.78. The van der Waals surface area contributed by atoms with Gasteiger partial charge in [0.15, 0.2) is 0 Å². The molecule has 0 radical (unpaired) electrons. The van der Waals surface area contributed by atoms with Gasteiger partial charge >= 0.3 is 0 Å². The highest BCUT2D eigenvalue weighted by atomic mass is 35.5. The third-order valence-corrected chi connectivity index (χ3v) is 4.35. The lowest BCUT2D eigenvalue weighted by molar-refractivity contribution is -0.135. The van der Waals surface area contributed by atoms with Gasteiger partial charge in [-0.2, -0.15) is 0 Å². The molecule has 6 nitrogen and oxygen atoms in total. The van der Waals surface area contributed by atoms with Gasteiger partial charge in [-0.1, -0.05) is 30.3 Å². The van der Waals surface area contributed by atoms with Gasteiger partial charge in [-0.15, -0.1) is 12.4 Å². The minimum absolute atomic E-state index is 0. The van der Waals surface area contributed by atoms with Crippen LogP contribution in [0.4, 0.5) is 0 Å². The monoisotopic (exact) mass is 353 g/mol. The Kier molecular flexibility index (Phi) is 7.02. The fourth-order valence-corrected chi connectivity index (χ4v) is 3.18. The van der Waals surface area contributed by atoms with Gasteiger partial charge in [-0.3, -0.25) is 9.59 Å². The smallest absolute Gasteiger partial charge is 0.224 e. The van der Waals surface area contributed by atoms with Crippen LogP contribution in [0.15, 0.2) is 30.3 Å². The molecule has 1 aromatic carbocycles. The largest absolute Gasteiger partial charge is 0.378 e. The lowest BCUT2D eigenvalue weighted by Crippen LogP contribution is -2.46. The van der Waals surface area contributed by atoms with Crippen molar-refractivity contribution >= 4 is 24.2 Å². The van der Waals surface area contributed by atoms with Crippen molar-refractivity contribution < 1.29 is 14.3 Å². The summed E-state index contributed by atoms with van der Waals surface area (Å²) in [6, 6.07) is 9.64. The number of hydrogen-bond acceptors (Lipinski definition) is 4. The molecule has 3 rings (SSSR count). The van der Waals surface area contributed by atoms with Crippen LogP contribution >= 0.6 is 12.4 Å². The van der Waals surface area contributed by atoms with E-state index < -0.39 is 0 Å². The molecule has 2 saturated heterocycles. The molecule has 0 bridgehead atoms. The van der Waals surface area contributed by atoms with Crippen LogP contribution in [0.25, 0.3) is 0 Å². The number of hydrogen-bond donors (Lipinski definition) is 2. The predicted molar refractivity (Wildman–Crippen MR) is 93.0 cm³/mol. The Bertz CT molecular complexity index is 549. The second-order valence-electron chi connectivity index (χ2n) is 6.00. The van der Waals surface area contributed by atoms with Crippen molar-refractivity contribution in [3.05, 3.63) is 35.9 Å². The van der Waals surface area contributed by atoms with Crippen molar-refractivity contribution in [2.75, 3.05) is 32.8 Å². The number of carbonyl (C=O) groups excluding carboxylic acids is 2. The first-order chi connectivity index (χ1) is 11.2. The molecular weight excluding hydrogens is 330 g/mol. The summed E-state index contributed by atoms with van der Waals surface area (Å²) >= 11 is 0. The quantitative estimate of drug-likeness (QED) is 0.846. The number of rotatable bonds is 3. The van der Waals surface area contributed by atoms with E-state index in [9.17, 15) is 9.59 Å². The summed E-state index contributed by atoms with van der Waals surface area (Å²) in [7, 11) is 0. The van der Waals surface area contributed by atoms with Gasteiger partial charge in [0.2, 0.25) is 11.8 Å². The Morgan fingerprint density at radius 2 is 2.04 bits per heavy atom. The van der Waals surface area contributed by atoms with E-state index in [-0.39, 0.29) is 36.3 Å². The van der Waals surface area contributed by atoms with E-state index in [0.29, 0.717) is 39.1 Å². The first-order valence-electron chi connectivity index (χ1n) is 8.16. The maximum atomic E-state index is 12.8. The molecule has 2 heterocycles. The summed E-state index contributed by atoms with van der Waals surface area (Å²) in [6.45, 7) is 3.08. The highest BCUT2D eigenvalue weighted by Crippen LogP contribution is 2.26. The number of nitrogens with zero attached hydrogens (tertiary/aromatic N) is 1. The molecule has 7 heteroatoms. The summed E-state index contributed by atoms with van der Waals surface area (Å²) < 4.78 is 5.42. The first-order valence-corrected chi connectivity index (χ1v) is 8.16. The number of benzene rings is 1. The topological polar surface area (TPSA) is 70.7 Å². The Morgan fingerprint density at radius 1 is 1.25 bits per heavy atom. The average molecular weight is 354 g/mol. The lowest BCUT2D eigenvalue weighted by atomic mass is 10.0. The molecule has 2 amide bonds. The molecule has 2 fully saturated rings. The molecule has 2 unspecified atom stereocenters. The van der Waals surface area contributed by atoms with Crippen molar-refractivity contribution in [3.8, 4) is 0 Å². The van der Waals surface area contributed by atoms with E-state index in [2.05, 4.69) is 10.6 Å². The molecule has 0 spiro atoms. The molecule has 24 heavy (non-hydrogen) atoms. The Balaban J connectivity index is 0.00000208. The van der Waals surface area contributed by atoms with Crippen molar-refractivity contribution in [2.45, 2.75) is 24.9 Å². The summed E-state index contributed by atoms with van der Waals surface area (Å²) in [5, 5.41) is 6.17. The van der Waals surface area contributed by atoms with Crippen LogP contribution in [-0.4, -0.2) is 55.6 Å². The van der Waals surface area contributed by atoms with E-state index in [4.69, 9.17) is 4.74 Å². The third-order valence-electron chi connectivity index (χ3n) is 4.35. The van der Waals surface area contributed by atoms with E-state index >= 15 is 0 Å². The van der Waals surface area contributed by atoms with Gasteiger partial charge in [0.1, 0.15) is 0 Å². The summed E-state index contributed by atoms with van der Waals surface area (Å²) in [5.41, 5.74) is 1.01. The van der Waals surface area contributed by atoms with E-state index in [0.717, 1.165) is 12.1 Å². The molecule has 0 saturated carbocycles. The van der Waals surface area contributed by atoms with Crippen molar-refractivity contribution in [1.82, 2.24) is 15.5 Å².